The van der Waals surface area contributed by atoms with Gasteiger partial charge in [-0.25, -0.2) is 9.97 Å². The molecule has 9 heteroatoms. The highest BCUT2D eigenvalue weighted by Crippen LogP contribution is 2.45. The maximum absolute atomic E-state index is 12.7. The van der Waals surface area contributed by atoms with Gasteiger partial charge in [0.1, 0.15) is 5.01 Å². The number of aromatic nitrogens is 2. The molecule has 176 valence electrons. The van der Waals surface area contributed by atoms with Crippen molar-refractivity contribution < 1.29 is 23.4 Å². The van der Waals surface area contributed by atoms with Crippen molar-refractivity contribution >= 4 is 17.3 Å². The number of hydrogen-bond donors (Lipinski definition) is 1. The molecular formula is C23H31F2N3O3S. The standard InChI is InChI=1S/C23H31F2N3O3S/c1-5-8-23(20(29)30)10-15(22(2,3)4)12-28(14-23)13-16-11-27-19(32-16)17-7-6-9-26-18(17)31-21(24)25/h6-7,9,11,15,21H,5,8,10,12-14H2,1-4H3,(H,29,30)/t15-,23-/m1/s1. The molecule has 0 amide bonds. The Hall–Kier alpha value is -2.13. The van der Waals surface area contributed by atoms with Gasteiger partial charge in [-0.15, -0.1) is 11.3 Å². The first-order valence-corrected chi connectivity index (χ1v) is 11.7. The minimum Gasteiger partial charge on any atom is -0.481 e. The third-order valence-corrected chi connectivity index (χ3v) is 7.20. The predicted octanol–water partition coefficient (Wildman–Crippen LogP) is 5.55. The summed E-state index contributed by atoms with van der Waals surface area (Å²) in [7, 11) is 0. The van der Waals surface area contributed by atoms with Crippen molar-refractivity contribution in [2.45, 2.75) is 60.1 Å². The van der Waals surface area contributed by atoms with Gasteiger partial charge in [0.25, 0.3) is 0 Å². The van der Waals surface area contributed by atoms with Gasteiger partial charge in [-0.1, -0.05) is 34.1 Å². The first kappa shape index (κ1) is 24.5. The summed E-state index contributed by atoms with van der Waals surface area (Å²) in [5.41, 5.74) is -0.357. The highest BCUT2D eigenvalue weighted by atomic mass is 32.1. The van der Waals surface area contributed by atoms with Gasteiger partial charge in [0.05, 0.1) is 11.0 Å². The van der Waals surface area contributed by atoms with Crippen LogP contribution >= 0.6 is 11.3 Å². The van der Waals surface area contributed by atoms with Gasteiger partial charge in [-0.05, 0) is 36.3 Å². The molecule has 1 aliphatic heterocycles. The number of rotatable bonds is 8. The largest absolute Gasteiger partial charge is 0.481 e. The molecule has 1 N–H and O–H groups in total. The zero-order chi connectivity index (χ0) is 23.5. The summed E-state index contributed by atoms with van der Waals surface area (Å²) < 4.78 is 30.0. The Morgan fingerprint density at radius 1 is 1.41 bits per heavy atom. The highest BCUT2D eigenvalue weighted by Gasteiger charge is 2.47. The number of carbonyl (C=O) groups is 1. The van der Waals surface area contributed by atoms with Gasteiger partial charge in [0, 0.05) is 36.9 Å². The molecule has 0 spiro atoms. The van der Waals surface area contributed by atoms with Gasteiger partial charge in [-0.2, -0.15) is 8.78 Å². The summed E-state index contributed by atoms with van der Waals surface area (Å²) in [5, 5.41) is 10.7. The van der Waals surface area contributed by atoms with E-state index in [9.17, 15) is 18.7 Å². The second-order valence-electron chi connectivity index (χ2n) is 9.64. The number of piperidine rings is 1. The first-order chi connectivity index (χ1) is 15.0. The van der Waals surface area contributed by atoms with E-state index in [-0.39, 0.29) is 17.2 Å². The smallest absolute Gasteiger partial charge is 0.388 e. The molecule has 0 radical (unpaired) electrons. The third-order valence-electron chi connectivity index (χ3n) is 6.18. The van der Waals surface area contributed by atoms with E-state index in [2.05, 4.69) is 40.4 Å². The second kappa shape index (κ2) is 9.79. The molecule has 1 fully saturated rings. The Labute approximate surface area is 191 Å². The Balaban J connectivity index is 1.84. The molecule has 6 nitrogen and oxygen atoms in total. The molecule has 2 aromatic heterocycles. The molecule has 0 bridgehead atoms. The van der Waals surface area contributed by atoms with Gasteiger partial charge in [0.2, 0.25) is 5.88 Å². The van der Waals surface area contributed by atoms with Gasteiger partial charge in [0.15, 0.2) is 0 Å². The Kier molecular flexibility index (Phi) is 7.50. The normalized spacial score (nSPS) is 22.3. The van der Waals surface area contributed by atoms with Crippen molar-refractivity contribution in [2.24, 2.45) is 16.7 Å². The average Bonchev–Trinajstić information content (AvgIpc) is 3.15. The van der Waals surface area contributed by atoms with Crippen LogP contribution in [0.3, 0.4) is 0 Å². The maximum atomic E-state index is 12.7. The summed E-state index contributed by atoms with van der Waals surface area (Å²) in [6.07, 6.45) is 5.25. The number of carboxylic acid groups (broad SMARTS) is 1. The lowest BCUT2D eigenvalue weighted by Crippen LogP contribution is -2.53. The monoisotopic (exact) mass is 467 g/mol. The zero-order valence-electron chi connectivity index (χ0n) is 19.0. The number of alkyl halides is 2. The van der Waals surface area contributed by atoms with E-state index in [1.165, 1.54) is 17.5 Å². The molecule has 0 aromatic carbocycles. The number of carboxylic acids is 1. The van der Waals surface area contributed by atoms with Crippen molar-refractivity contribution in [1.82, 2.24) is 14.9 Å². The summed E-state index contributed by atoms with van der Waals surface area (Å²) >= 11 is 1.39. The van der Waals surface area contributed by atoms with Crippen LogP contribution in [0.25, 0.3) is 10.6 Å². The van der Waals surface area contributed by atoms with Crippen LogP contribution in [0.1, 0.15) is 51.8 Å². The molecule has 0 unspecified atom stereocenters. The molecule has 2 aromatic rings. The zero-order valence-corrected chi connectivity index (χ0v) is 19.8. The Morgan fingerprint density at radius 2 is 2.16 bits per heavy atom. The minimum absolute atomic E-state index is 0.0107. The number of likely N-dealkylation sites (tertiary alicyclic amines) is 1. The van der Waals surface area contributed by atoms with Gasteiger partial charge in [-0.3, -0.25) is 9.69 Å². The number of hydrogen-bond acceptors (Lipinski definition) is 6. The van der Waals surface area contributed by atoms with Crippen molar-refractivity contribution in [2.75, 3.05) is 13.1 Å². The lowest BCUT2D eigenvalue weighted by molar-refractivity contribution is -0.156. The number of nitrogens with zero attached hydrogens (tertiary/aromatic N) is 3. The fourth-order valence-corrected chi connectivity index (χ4v) is 5.46. The van der Waals surface area contributed by atoms with Crippen molar-refractivity contribution in [3.05, 3.63) is 29.4 Å². The van der Waals surface area contributed by atoms with Crippen LogP contribution in [-0.2, 0) is 11.3 Å². The van der Waals surface area contributed by atoms with Gasteiger partial charge >= 0.3 is 12.6 Å². The van der Waals surface area contributed by atoms with E-state index < -0.39 is 18.0 Å². The molecule has 3 rings (SSSR count). The fraction of sp³-hybridized carbons (Fsp3) is 0.609. The Bertz CT molecular complexity index is 931. The topological polar surface area (TPSA) is 75.5 Å². The van der Waals surface area contributed by atoms with Crippen LogP contribution in [0.15, 0.2) is 24.5 Å². The molecule has 0 saturated carbocycles. The predicted molar refractivity (Wildman–Crippen MR) is 120 cm³/mol. The molecule has 1 saturated heterocycles. The minimum atomic E-state index is -2.96. The van der Waals surface area contributed by atoms with Crippen LogP contribution in [0.5, 0.6) is 5.88 Å². The summed E-state index contributed by atoms with van der Waals surface area (Å²) in [6, 6.07) is 3.31. The van der Waals surface area contributed by atoms with E-state index in [1.807, 2.05) is 6.92 Å². The maximum Gasteiger partial charge on any atom is 0.388 e. The van der Waals surface area contributed by atoms with E-state index in [1.54, 1.807) is 18.3 Å². The summed E-state index contributed by atoms with van der Waals surface area (Å²) in [5.74, 6) is -0.634. The van der Waals surface area contributed by atoms with Crippen LogP contribution in [0, 0.1) is 16.7 Å². The Morgan fingerprint density at radius 3 is 2.78 bits per heavy atom. The van der Waals surface area contributed by atoms with E-state index in [0.29, 0.717) is 36.5 Å². The molecule has 1 aliphatic rings. The average molecular weight is 468 g/mol. The van der Waals surface area contributed by atoms with Crippen LogP contribution in [0.4, 0.5) is 8.78 Å². The number of thiazole rings is 1. The highest BCUT2D eigenvalue weighted by molar-refractivity contribution is 7.15. The lowest BCUT2D eigenvalue weighted by Gasteiger charge is -2.48. The van der Waals surface area contributed by atoms with Crippen molar-refractivity contribution in [1.29, 1.82) is 0 Å². The third kappa shape index (κ3) is 5.61. The number of ether oxygens (including phenoxy) is 1. The van der Waals surface area contributed by atoms with Crippen LogP contribution in [0.2, 0.25) is 0 Å². The SMILES string of the molecule is CCC[C@@]1(C(=O)O)C[C@@H](C(C)(C)C)CN(Cc2cnc(-c3cccnc3OC(F)F)s2)C1. The molecule has 2 atom stereocenters. The molecule has 32 heavy (non-hydrogen) atoms. The molecule has 0 aliphatic carbocycles. The second-order valence-corrected chi connectivity index (χ2v) is 10.8. The van der Waals surface area contributed by atoms with Crippen molar-refractivity contribution in [3.8, 4) is 16.5 Å². The lowest BCUT2D eigenvalue weighted by atomic mass is 9.65. The number of aliphatic carboxylic acids is 1. The van der Waals surface area contributed by atoms with E-state index in [0.717, 1.165) is 17.8 Å². The quantitative estimate of drug-likeness (QED) is 0.549. The van der Waals surface area contributed by atoms with E-state index >= 15 is 0 Å². The van der Waals surface area contributed by atoms with Crippen LogP contribution < -0.4 is 4.74 Å². The van der Waals surface area contributed by atoms with Gasteiger partial charge < -0.3 is 9.84 Å². The van der Waals surface area contributed by atoms with Crippen molar-refractivity contribution in [3.63, 3.8) is 0 Å². The first-order valence-electron chi connectivity index (χ1n) is 10.8. The summed E-state index contributed by atoms with van der Waals surface area (Å²) in [4.78, 5) is 23.8. The number of halogens is 2. The summed E-state index contributed by atoms with van der Waals surface area (Å²) in [6.45, 7) is 7.41. The molecular weight excluding hydrogens is 436 g/mol. The fourth-order valence-electron chi connectivity index (χ4n) is 4.48. The van der Waals surface area contributed by atoms with E-state index in [4.69, 9.17) is 0 Å². The molecule has 3 heterocycles. The van der Waals surface area contributed by atoms with Crippen LogP contribution in [-0.4, -0.2) is 45.6 Å². The number of pyridine rings is 1.